The first-order chi connectivity index (χ1) is 15.1. The third kappa shape index (κ3) is 5.89. The Balaban J connectivity index is 0.00000289. The number of aliphatic imine (C=N–C) groups is 1. The number of morpholine rings is 1. The molecule has 32 heavy (non-hydrogen) atoms. The van der Waals surface area contributed by atoms with Crippen LogP contribution in [0, 0.1) is 11.6 Å². The molecule has 1 aliphatic heterocycles. The fourth-order valence-electron chi connectivity index (χ4n) is 3.80. The Morgan fingerprint density at radius 2 is 1.94 bits per heavy atom. The number of aromatic amines is 1. The smallest absolute Gasteiger partial charge is 0.191 e. The lowest BCUT2D eigenvalue weighted by Gasteiger charge is -2.29. The lowest BCUT2D eigenvalue weighted by Crippen LogP contribution is -2.38. The zero-order valence-electron chi connectivity index (χ0n) is 18.0. The van der Waals surface area contributed by atoms with Crippen LogP contribution in [0.15, 0.2) is 47.6 Å². The van der Waals surface area contributed by atoms with Crippen molar-refractivity contribution < 1.29 is 13.5 Å². The number of hydrogen-bond donors (Lipinski definition) is 3. The van der Waals surface area contributed by atoms with E-state index in [1.807, 2.05) is 23.2 Å². The van der Waals surface area contributed by atoms with Crippen molar-refractivity contribution in [3.05, 3.63) is 65.4 Å². The maximum Gasteiger partial charge on any atom is 0.191 e. The number of rotatable bonds is 6. The summed E-state index contributed by atoms with van der Waals surface area (Å²) in [5.41, 5.74) is 3.41. The molecule has 0 amide bonds. The zero-order chi connectivity index (χ0) is 21.6. The number of ether oxygens (including phenoxy) is 1. The highest BCUT2D eigenvalue weighted by molar-refractivity contribution is 14.0. The number of anilines is 1. The van der Waals surface area contributed by atoms with Crippen LogP contribution < -0.4 is 15.5 Å². The predicted molar refractivity (Wildman–Crippen MR) is 135 cm³/mol. The lowest BCUT2D eigenvalue weighted by atomic mass is 10.1. The Morgan fingerprint density at radius 1 is 1.12 bits per heavy atom. The molecule has 3 aromatic rings. The molecule has 172 valence electrons. The highest BCUT2D eigenvalue weighted by Gasteiger charge is 2.15. The quantitative estimate of drug-likeness (QED) is 0.246. The van der Waals surface area contributed by atoms with Crippen molar-refractivity contribution in [3.8, 4) is 0 Å². The molecule has 2 heterocycles. The van der Waals surface area contributed by atoms with E-state index in [4.69, 9.17) is 4.74 Å². The third-order valence-corrected chi connectivity index (χ3v) is 5.46. The first-order valence-corrected chi connectivity index (χ1v) is 10.4. The van der Waals surface area contributed by atoms with Crippen LogP contribution in [0.3, 0.4) is 0 Å². The van der Waals surface area contributed by atoms with E-state index in [2.05, 4.69) is 20.6 Å². The summed E-state index contributed by atoms with van der Waals surface area (Å²) in [4.78, 5) is 9.39. The van der Waals surface area contributed by atoms with E-state index in [1.165, 1.54) is 6.07 Å². The van der Waals surface area contributed by atoms with Crippen LogP contribution in [0.25, 0.3) is 10.9 Å². The minimum atomic E-state index is -0.245. The highest BCUT2D eigenvalue weighted by Crippen LogP contribution is 2.22. The van der Waals surface area contributed by atoms with Crippen LogP contribution in [0.2, 0.25) is 0 Å². The van der Waals surface area contributed by atoms with Crippen LogP contribution in [-0.2, 0) is 17.7 Å². The summed E-state index contributed by atoms with van der Waals surface area (Å²) in [5, 5.41) is 7.35. The van der Waals surface area contributed by atoms with Gasteiger partial charge in [0.2, 0.25) is 0 Å². The van der Waals surface area contributed by atoms with Crippen LogP contribution in [-0.4, -0.2) is 50.8 Å². The fourth-order valence-corrected chi connectivity index (χ4v) is 3.80. The normalized spacial score (nSPS) is 14.3. The summed E-state index contributed by atoms with van der Waals surface area (Å²) < 4.78 is 33.4. The molecule has 3 N–H and O–H groups in total. The second-order valence-electron chi connectivity index (χ2n) is 7.49. The van der Waals surface area contributed by atoms with Crippen molar-refractivity contribution in [1.29, 1.82) is 0 Å². The Bertz CT molecular complexity index is 1070. The molecule has 0 radical (unpaired) electrons. The molecule has 0 unspecified atom stereocenters. The van der Waals surface area contributed by atoms with E-state index in [1.54, 1.807) is 25.2 Å². The average Bonchev–Trinajstić information content (AvgIpc) is 3.18. The zero-order valence-corrected chi connectivity index (χ0v) is 20.3. The molecule has 2 aromatic carbocycles. The number of hydrogen-bond acceptors (Lipinski definition) is 3. The third-order valence-electron chi connectivity index (χ3n) is 5.46. The van der Waals surface area contributed by atoms with E-state index in [9.17, 15) is 8.78 Å². The Hall–Kier alpha value is -2.40. The van der Waals surface area contributed by atoms with Gasteiger partial charge in [0, 0.05) is 50.3 Å². The number of fused-ring (bicyclic) bond motifs is 1. The van der Waals surface area contributed by atoms with Crippen LogP contribution in [0.1, 0.15) is 11.1 Å². The van der Waals surface area contributed by atoms with Crippen molar-refractivity contribution in [1.82, 2.24) is 15.6 Å². The summed E-state index contributed by atoms with van der Waals surface area (Å²) in [7, 11) is 1.69. The maximum atomic E-state index is 14.6. The van der Waals surface area contributed by atoms with Gasteiger partial charge in [-0.05, 0) is 47.9 Å². The molecule has 0 saturated carbocycles. The molecule has 6 nitrogen and oxygen atoms in total. The van der Waals surface area contributed by atoms with Gasteiger partial charge in [0.05, 0.1) is 18.9 Å². The van der Waals surface area contributed by atoms with Gasteiger partial charge in [-0.3, -0.25) is 4.99 Å². The molecule has 1 saturated heterocycles. The van der Waals surface area contributed by atoms with Crippen LogP contribution >= 0.6 is 24.0 Å². The second-order valence-corrected chi connectivity index (χ2v) is 7.49. The highest BCUT2D eigenvalue weighted by atomic mass is 127. The molecule has 9 heteroatoms. The number of nitrogens with one attached hydrogen (secondary N) is 3. The van der Waals surface area contributed by atoms with Gasteiger partial charge in [-0.15, -0.1) is 24.0 Å². The SMILES string of the molecule is CN=C(NCCc1c[nH]c2ccc(F)cc12)NCc1ccc(N2CCOCC2)c(F)c1.I. The van der Waals surface area contributed by atoms with Gasteiger partial charge in [0.1, 0.15) is 11.6 Å². The number of aromatic nitrogens is 1. The predicted octanol–water partition coefficient (Wildman–Crippen LogP) is 3.81. The average molecular weight is 555 g/mol. The molecule has 1 aromatic heterocycles. The minimum absolute atomic E-state index is 0. The van der Waals surface area contributed by atoms with Crippen molar-refractivity contribution >= 4 is 46.5 Å². The molecule has 1 aliphatic rings. The topological polar surface area (TPSA) is 64.7 Å². The fraction of sp³-hybridized carbons (Fsp3) is 0.348. The molecular formula is C23H28F2IN5O. The van der Waals surface area contributed by atoms with Gasteiger partial charge >= 0.3 is 0 Å². The molecule has 1 fully saturated rings. The van der Waals surface area contributed by atoms with Crippen LogP contribution in [0.4, 0.5) is 14.5 Å². The summed E-state index contributed by atoms with van der Waals surface area (Å²) in [6, 6.07) is 10.0. The second kappa shape index (κ2) is 11.5. The summed E-state index contributed by atoms with van der Waals surface area (Å²) in [6.07, 6.45) is 2.62. The minimum Gasteiger partial charge on any atom is -0.378 e. The van der Waals surface area contributed by atoms with Gasteiger partial charge in [0.15, 0.2) is 5.96 Å². The van der Waals surface area contributed by atoms with Crippen molar-refractivity contribution in [2.75, 3.05) is 44.8 Å². The summed E-state index contributed by atoms with van der Waals surface area (Å²) >= 11 is 0. The number of H-pyrrole nitrogens is 1. The lowest BCUT2D eigenvalue weighted by molar-refractivity contribution is 0.122. The van der Waals surface area contributed by atoms with E-state index in [0.29, 0.717) is 57.5 Å². The van der Waals surface area contributed by atoms with Gasteiger partial charge < -0.3 is 25.3 Å². The van der Waals surface area contributed by atoms with E-state index < -0.39 is 0 Å². The Labute approximate surface area is 203 Å². The monoisotopic (exact) mass is 555 g/mol. The number of nitrogens with zero attached hydrogens (tertiary/aromatic N) is 2. The van der Waals surface area contributed by atoms with Gasteiger partial charge in [0.25, 0.3) is 0 Å². The van der Waals surface area contributed by atoms with E-state index >= 15 is 0 Å². The van der Waals surface area contributed by atoms with Crippen molar-refractivity contribution in [2.24, 2.45) is 4.99 Å². The van der Waals surface area contributed by atoms with Gasteiger partial charge in [-0.2, -0.15) is 0 Å². The van der Waals surface area contributed by atoms with Crippen molar-refractivity contribution in [3.63, 3.8) is 0 Å². The summed E-state index contributed by atoms with van der Waals surface area (Å²) in [5.74, 6) is 0.157. The molecular weight excluding hydrogens is 527 g/mol. The van der Waals surface area contributed by atoms with Crippen LogP contribution in [0.5, 0.6) is 0 Å². The standard InChI is InChI=1S/C23H27F2N5O.HI/c1-26-23(27-7-6-17-15-28-21-4-3-18(24)13-19(17)21)29-14-16-2-5-22(20(25)12-16)30-8-10-31-11-9-30;/h2-5,12-13,15,28H,6-11,14H2,1H3,(H2,26,27,29);1H. The molecule has 0 aliphatic carbocycles. The number of benzene rings is 2. The Morgan fingerprint density at radius 3 is 2.69 bits per heavy atom. The summed E-state index contributed by atoms with van der Waals surface area (Å²) in [6.45, 7) is 3.74. The van der Waals surface area contributed by atoms with Gasteiger partial charge in [-0.25, -0.2) is 8.78 Å². The van der Waals surface area contributed by atoms with Crippen molar-refractivity contribution in [2.45, 2.75) is 13.0 Å². The van der Waals surface area contributed by atoms with E-state index in [-0.39, 0.29) is 35.6 Å². The van der Waals surface area contributed by atoms with E-state index in [0.717, 1.165) is 22.0 Å². The molecule has 4 rings (SSSR count). The molecule has 0 spiro atoms. The molecule has 0 atom stereocenters. The number of guanidine groups is 1. The first kappa shape index (κ1) is 24.2. The number of halogens is 3. The first-order valence-electron chi connectivity index (χ1n) is 10.4. The van der Waals surface area contributed by atoms with Gasteiger partial charge in [-0.1, -0.05) is 6.07 Å². The molecule has 0 bridgehead atoms. The Kier molecular flexibility index (Phi) is 8.68. The maximum absolute atomic E-state index is 14.6. The largest absolute Gasteiger partial charge is 0.378 e.